The van der Waals surface area contributed by atoms with Crippen molar-refractivity contribution in [1.29, 1.82) is 0 Å². The largest absolute Gasteiger partial charge is 0.481 e. The average Bonchev–Trinajstić information content (AvgIpc) is 1.98. The molecule has 78 valence electrons. The van der Waals surface area contributed by atoms with Crippen molar-refractivity contribution in [3.8, 4) is 0 Å². The molecule has 0 bridgehead atoms. The van der Waals surface area contributed by atoms with Gasteiger partial charge in [-0.05, 0) is 24.1 Å². The van der Waals surface area contributed by atoms with Gasteiger partial charge in [0.05, 0.1) is 12.5 Å². The molecule has 2 atom stereocenters. The van der Waals surface area contributed by atoms with Crippen LogP contribution in [0, 0.1) is 5.92 Å². The van der Waals surface area contributed by atoms with E-state index in [0.29, 0.717) is 12.3 Å². The van der Waals surface area contributed by atoms with Crippen LogP contribution in [0.4, 0.5) is 0 Å². The highest BCUT2D eigenvalue weighted by atomic mass is 35.5. The number of rotatable bonds is 6. The second kappa shape index (κ2) is 6.18. The molecule has 0 radical (unpaired) electrons. The molecule has 0 aliphatic rings. The third-order valence-corrected chi connectivity index (χ3v) is 1.99. The Kier molecular flexibility index (Phi) is 6.03. The lowest BCUT2D eigenvalue weighted by Gasteiger charge is -2.21. The number of aliphatic hydroxyl groups excluding tert-OH is 1. The number of nitrogens with one attached hydrogen (secondary N) is 1. The van der Waals surface area contributed by atoms with Crippen molar-refractivity contribution in [2.24, 2.45) is 5.92 Å². The topological polar surface area (TPSA) is 69.6 Å². The van der Waals surface area contributed by atoms with Crippen LogP contribution in [0.3, 0.4) is 0 Å². The summed E-state index contributed by atoms with van der Waals surface area (Å²) in [6.07, 6.45) is -0.563. The molecule has 0 spiro atoms. The van der Waals surface area contributed by atoms with E-state index in [1.54, 1.807) is 0 Å². The molecule has 4 nitrogen and oxygen atoms in total. The summed E-state index contributed by atoms with van der Waals surface area (Å²) in [4.78, 5) is 12.7. The van der Waals surface area contributed by atoms with Gasteiger partial charge >= 0.3 is 5.97 Å². The van der Waals surface area contributed by atoms with Crippen molar-refractivity contribution in [3.05, 3.63) is 0 Å². The summed E-state index contributed by atoms with van der Waals surface area (Å²) in [6.45, 7) is 3.96. The van der Waals surface area contributed by atoms with Crippen molar-refractivity contribution in [3.63, 3.8) is 0 Å². The summed E-state index contributed by atoms with van der Waals surface area (Å²) in [5.41, 5.74) is 0. The molecule has 0 saturated carbocycles. The molecular formula is C8H16ClNO3. The van der Waals surface area contributed by atoms with E-state index >= 15 is 0 Å². The van der Waals surface area contributed by atoms with E-state index in [1.165, 1.54) is 0 Å². The maximum absolute atomic E-state index is 10.3. The molecule has 0 heterocycles. The van der Waals surface area contributed by atoms with Crippen molar-refractivity contribution in [2.45, 2.75) is 38.8 Å². The minimum atomic E-state index is -1.02. The molecule has 3 N–H and O–H groups in total. The van der Waals surface area contributed by atoms with E-state index in [0.717, 1.165) is 0 Å². The van der Waals surface area contributed by atoms with Crippen LogP contribution in [0.5, 0.6) is 0 Å². The number of aliphatic hydroxyl groups is 1. The molecule has 0 rings (SSSR count). The van der Waals surface area contributed by atoms with Gasteiger partial charge in [0.25, 0.3) is 0 Å². The van der Waals surface area contributed by atoms with Gasteiger partial charge in [-0.1, -0.05) is 13.8 Å². The normalized spacial score (nSPS) is 15.8. The van der Waals surface area contributed by atoms with E-state index < -0.39 is 12.1 Å². The van der Waals surface area contributed by atoms with E-state index in [4.69, 9.17) is 16.9 Å². The van der Waals surface area contributed by atoms with Crippen LogP contribution in [-0.2, 0) is 4.79 Å². The molecular weight excluding hydrogens is 194 g/mol. The molecule has 13 heavy (non-hydrogen) atoms. The molecule has 0 unspecified atom stereocenters. The van der Waals surface area contributed by atoms with Crippen molar-refractivity contribution >= 4 is 17.7 Å². The number of hydrogen-bond donors (Lipinski definition) is 3. The van der Waals surface area contributed by atoms with Gasteiger partial charge in [-0.3, -0.25) is 4.79 Å². The third kappa shape index (κ3) is 5.85. The number of hydrogen-bond acceptors (Lipinski definition) is 3. The number of carboxylic acids is 1. The fourth-order valence-corrected chi connectivity index (χ4v) is 1.34. The zero-order chi connectivity index (χ0) is 10.4. The Hall–Kier alpha value is -0.320. The van der Waals surface area contributed by atoms with Crippen LogP contribution in [0.1, 0.15) is 26.7 Å². The van der Waals surface area contributed by atoms with E-state index in [1.807, 2.05) is 13.8 Å². The summed E-state index contributed by atoms with van der Waals surface area (Å²) in [6, 6.07) is -0.363. The van der Waals surface area contributed by atoms with Crippen LogP contribution < -0.4 is 4.84 Å². The highest BCUT2D eigenvalue weighted by molar-refractivity contribution is 6.13. The molecule has 0 aliphatic carbocycles. The van der Waals surface area contributed by atoms with Gasteiger partial charge < -0.3 is 10.2 Å². The first kappa shape index (κ1) is 12.7. The first-order chi connectivity index (χ1) is 5.97. The lowest BCUT2D eigenvalue weighted by molar-refractivity contribution is -0.139. The van der Waals surface area contributed by atoms with Crippen molar-refractivity contribution in [1.82, 2.24) is 4.84 Å². The van der Waals surface area contributed by atoms with Gasteiger partial charge in [0.1, 0.15) is 0 Å². The summed E-state index contributed by atoms with van der Waals surface area (Å²) >= 11 is 5.39. The van der Waals surface area contributed by atoms with Crippen LogP contribution in [0.15, 0.2) is 0 Å². The van der Waals surface area contributed by atoms with Crippen molar-refractivity contribution < 1.29 is 15.0 Å². The quantitative estimate of drug-likeness (QED) is 0.571. The predicted octanol–water partition coefficient (Wildman–Crippen LogP) is 0.980. The highest BCUT2D eigenvalue weighted by Crippen LogP contribution is 2.11. The lowest BCUT2D eigenvalue weighted by Crippen LogP contribution is -2.37. The Balaban J connectivity index is 3.98. The zero-order valence-corrected chi connectivity index (χ0v) is 8.58. The van der Waals surface area contributed by atoms with Gasteiger partial charge in [0.2, 0.25) is 0 Å². The summed E-state index contributed by atoms with van der Waals surface area (Å²) in [7, 11) is 0. The summed E-state index contributed by atoms with van der Waals surface area (Å²) < 4.78 is 0. The Morgan fingerprint density at radius 1 is 1.54 bits per heavy atom. The molecule has 0 aromatic carbocycles. The van der Waals surface area contributed by atoms with Gasteiger partial charge in [0.15, 0.2) is 0 Å². The zero-order valence-electron chi connectivity index (χ0n) is 7.83. The molecule has 0 aromatic rings. The first-order valence-electron chi connectivity index (χ1n) is 4.23. The molecule has 0 fully saturated rings. The van der Waals surface area contributed by atoms with E-state index in [2.05, 4.69) is 4.84 Å². The van der Waals surface area contributed by atoms with E-state index in [9.17, 15) is 9.90 Å². The monoisotopic (exact) mass is 209 g/mol. The lowest BCUT2D eigenvalue weighted by atomic mass is 9.98. The molecule has 0 aromatic heterocycles. The Bertz CT molecular complexity index is 163. The number of carboxylic acid groups (broad SMARTS) is 1. The second-order valence-corrected chi connectivity index (χ2v) is 3.73. The standard InChI is InChI=1S/C8H16ClNO3/c1-5(2)3-6(10-9)7(11)4-8(12)13/h5-7,10-11H,3-4H2,1-2H3,(H,12,13)/t6-,7-/m0/s1. The summed E-state index contributed by atoms with van der Waals surface area (Å²) in [5, 5.41) is 17.8. The van der Waals surface area contributed by atoms with Crippen LogP contribution in [0.25, 0.3) is 0 Å². The Labute approximate surface area is 83.0 Å². The number of halogens is 1. The summed E-state index contributed by atoms with van der Waals surface area (Å²) in [5.74, 6) is -0.659. The number of carbonyl (C=O) groups is 1. The van der Waals surface area contributed by atoms with Gasteiger partial charge in [-0.25, -0.2) is 4.84 Å². The maximum atomic E-state index is 10.3. The van der Waals surface area contributed by atoms with Gasteiger partial charge in [-0.15, -0.1) is 0 Å². The van der Waals surface area contributed by atoms with Crippen LogP contribution >= 0.6 is 11.8 Å². The first-order valence-corrected chi connectivity index (χ1v) is 4.61. The molecule has 0 amide bonds. The number of aliphatic carboxylic acids is 1. The van der Waals surface area contributed by atoms with Gasteiger partial charge in [0, 0.05) is 6.04 Å². The third-order valence-electron chi connectivity index (χ3n) is 1.71. The minimum absolute atomic E-state index is 0.281. The SMILES string of the molecule is CC(C)C[C@H](NCl)[C@@H](O)CC(=O)O. The van der Waals surface area contributed by atoms with Gasteiger partial charge in [-0.2, -0.15) is 0 Å². The second-order valence-electron chi connectivity index (χ2n) is 3.51. The fraction of sp³-hybridized carbons (Fsp3) is 0.875. The maximum Gasteiger partial charge on any atom is 0.306 e. The van der Waals surface area contributed by atoms with Crippen molar-refractivity contribution in [2.75, 3.05) is 0 Å². The molecule has 0 saturated heterocycles. The Morgan fingerprint density at radius 2 is 2.08 bits per heavy atom. The average molecular weight is 210 g/mol. The molecule has 5 heteroatoms. The fourth-order valence-electron chi connectivity index (χ4n) is 1.10. The molecule has 0 aliphatic heterocycles. The van der Waals surface area contributed by atoms with Crippen LogP contribution in [-0.4, -0.2) is 28.3 Å². The Morgan fingerprint density at radius 3 is 2.38 bits per heavy atom. The smallest absolute Gasteiger partial charge is 0.306 e. The minimum Gasteiger partial charge on any atom is -0.481 e. The van der Waals surface area contributed by atoms with Crippen LogP contribution in [0.2, 0.25) is 0 Å². The van der Waals surface area contributed by atoms with E-state index in [-0.39, 0.29) is 12.5 Å². The predicted molar refractivity (Wildman–Crippen MR) is 50.5 cm³/mol. The highest BCUT2D eigenvalue weighted by Gasteiger charge is 2.21.